The van der Waals surface area contributed by atoms with Crippen molar-refractivity contribution >= 4 is 17.8 Å². The van der Waals surface area contributed by atoms with Crippen molar-refractivity contribution in [1.82, 2.24) is 16.0 Å². The number of carbonyl (C=O) groups is 2. The number of carbonyl (C=O) groups excluding carboxylic acids is 2. The Hall–Kier alpha value is -1.79. The highest BCUT2D eigenvalue weighted by Crippen LogP contribution is 2.10. The van der Waals surface area contributed by atoms with E-state index in [2.05, 4.69) is 34.8 Å². The van der Waals surface area contributed by atoms with E-state index < -0.39 is 6.04 Å². The van der Waals surface area contributed by atoms with Crippen LogP contribution >= 0.6 is 0 Å². The molecule has 0 fully saturated rings. The highest BCUT2D eigenvalue weighted by atomic mass is 16.2. The number of nitrogens with two attached hydrogens (primary N) is 1. The molecule has 0 heterocycles. The van der Waals surface area contributed by atoms with Gasteiger partial charge in [-0.2, -0.15) is 0 Å². The van der Waals surface area contributed by atoms with E-state index >= 15 is 0 Å². The summed E-state index contributed by atoms with van der Waals surface area (Å²) in [6.45, 7) is 5.69. The summed E-state index contributed by atoms with van der Waals surface area (Å²) in [6.07, 6.45) is 17.2. The van der Waals surface area contributed by atoms with Gasteiger partial charge in [0.2, 0.25) is 11.8 Å². The van der Waals surface area contributed by atoms with Crippen LogP contribution in [-0.4, -0.2) is 44.0 Å². The maximum atomic E-state index is 12.6. The topological polar surface area (TPSA) is 109 Å². The van der Waals surface area contributed by atoms with Crippen LogP contribution in [0, 0.1) is 0 Å². The SMILES string of the molecule is CCCCCCCCCCCC(=O)NC(CCCN/C(N)=N/C)C(=O)NCCCCCC. The summed E-state index contributed by atoms with van der Waals surface area (Å²) < 4.78 is 0. The standard InChI is InChI=1S/C25H51N5O2/c1-4-6-8-10-11-12-13-14-15-19-23(31)30-22(18-17-21-29-25(26)27-3)24(32)28-20-16-9-7-5-2/h22H,4-21H2,1-3H3,(H,28,32)(H,30,31)(H3,26,27,29). The largest absolute Gasteiger partial charge is 0.370 e. The molecule has 1 unspecified atom stereocenters. The second kappa shape index (κ2) is 22.4. The van der Waals surface area contributed by atoms with E-state index in [1.165, 1.54) is 57.8 Å². The Bertz CT molecular complexity index is 497. The van der Waals surface area contributed by atoms with Gasteiger partial charge in [0.1, 0.15) is 6.04 Å². The molecule has 0 bridgehead atoms. The lowest BCUT2D eigenvalue weighted by atomic mass is 10.1. The second-order valence-electron chi connectivity index (χ2n) is 8.73. The number of nitrogens with zero attached hydrogens (tertiary/aromatic N) is 1. The minimum atomic E-state index is -0.492. The quantitative estimate of drug-likeness (QED) is 0.117. The molecule has 0 spiro atoms. The number of nitrogens with one attached hydrogen (secondary N) is 3. The maximum absolute atomic E-state index is 12.6. The van der Waals surface area contributed by atoms with E-state index in [9.17, 15) is 9.59 Å². The van der Waals surface area contributed by atoms with E-state index in [0.717, 1.165) is 32.1 Å². The molecule has 0 rings (SSSR count). The van der Waals surface area contributed by atoms with Gasteiger partial charge in [0.05, 0.1) is 0 Å². The Balaban J connectivity index is 4.23. The van der Waals surface area contributed by atoms with Gasteiger partial charge in [-0.25, -0.2) is 0 Å². The van der Waals surface area contributed by atoms with Gasteiger partial charge >= 0.3 is 0 Å². The molecule has 0 aliphatic rings. The van der Waals surface area contributed by atoms with Gasteiger partial charge in [0.25, 0.3) is 0 Å². The monoisotopic (exact) mass is 453 g/mol. The third kappa shape index (κ3) is 18.9. The number of unbranched alkanes of at least 4 members (excludes halogenated alkanes) is 11. The number of rotatable bonds is 21. The summed E-state index contributed by atoms with van der Waals surface area (Å²) in [5.74, 6) is 0.275. The van der Waals surface area contributed by atoms with E-state index in [-0.39, 0.29) is 11.8 Å². The normalized spacial score (nSPS) is 12.4. The fourth-order valence-electron chi connectivity index (χ4n) is 3.62. The summed E-state index contributed by atoms with van der Waals surface area (Å²) in [4.78, 5) is 28.9. The van der Waals surface area contributed by atoms with Crippen LogP contribution in [0.2, 0.25) is 0 Å². The van der Waals surface area contributed by atoms with Crippen LogP contribution in [0.25, 0.3) is 0 Å². The highest BCUT2D eigenvalue weighted by molar-refractivity contribution is 5.87. The van der Waals surface area contributed by atoms with E-state index in [4.69, 9.17) is 5.73 Å². The smallest absolute Gasteiger partial charge is 0.242 e. The fraction of sp³-hybridized carbons (Fsp3) is 0.880. The van der Waals surface area contributed by atoms with Crippen molar-refractivity contribution in [3.63, 3.8) is 0 Å². The molecule has 7 nitrogen and oxygen atoms in total. The molecule has 32 heavy (non-hydrogen) atoms. The second-order valence-corrected chi connectivity index (χ2v) is 8.73. The Morgan fingerprint density at radius 3 is 1.88 bits per heavy atom. The van der Waals surface area contributed by atoms with E-state index in [0.29, 0.717) is 31.9 Å². The molecule has 2 amide bonds. The predicted molar refractivity (Wildman–Crippen MR) is 136 cm³/mol. The summed E-state index contributed by atoms with van der Waals surface area (Å²) in [5.41, 5.74) is 5.65. The number of hydrogen-bond donors (Lipinski definition) is 4. The average molecular weight is 454 g/mol. The van der Waals surface area contributed by atoms with Crippen LogP contribution in [0.15, 0.2) is 4.99 Å². The third-order valence-corrected chi connectivity index (χ3v) is 5.71. The summed E-state index contributed by atoms with van der Waals surface area (Å²) in [6, 6.07) is -0.492. The summed E-state index contributed by atoms with van der Waals surface area (Å²) in [7, 11) is 1.63. The molecule has 0 aromatic rings. The maximum Gasteiger partial charge on any atom is 0.242 e. The van der Waals surface area contributed by atoms with Crippen LogP contribution in [0.4, 0.5) is 0 Å². The van der Waals surface area contributed by atoms with Crippen molar-refractivity contribution in [2.45, 2.75) is 123 Å². The zero-order valence-electron chi connectivity index (χ0n) is 21.1. The van der Waals surface area contributed by atoms with Gasteiger partial charge in [-0.05, 0) is 25.7 Å². The van der Waals surface area contributed by atoms with Crippen molar-refractivity contribution in [1.29, 1.82) is 0 Å². The van der Waals surface area contributed by atoms with E-state index in [1.807, 2.05) is 0 Å². The minimum Gasteiger partial charge on any atom is -0.370 e. The van der Waals surface area contributed by atoms with Crippen molar-refractivity contribution in [2.24, 2.45) is 10.7 Å². The van der Waals surface area contributed by atoms with Crippen LogP contribution in [-0.2, 0) is 9.59 Å². The van der Waals surface area contributed by atoms with Crippen LogP contribution in [0.3, 0.4) is 0 Å². The van der Waals surface area contributed by atoms with Crippen LogP contribution in [0.5, 0.6) is 0 Å². The van der Waals surface area contributed by atoms with Gasteiger partial charge in [0, 0.05) is 26.6 Å². The molecular formula is C25H51N5O2. The van der Waals surface area contributed by atoms with Crippen LogP contribution < -0.4 is 21.7 Å². The lowest BCUT2D eigenvalue weighted by molar-refractivity contribution is -0.129. The summed E-state index contributed by atoms with van der Waals surface area (Å²) in [5, 5.41) is 8.95. The highest BCUT2D eigenvalue weighted by Gasteiger charge is 2.19. The molecule has 5 N–H and O–H groups in total. The van der Waals surface area contributed by atoms with Crippen molar-refractivity contribution in [3.05, 3.63) is 0 Å². The first-order valence-electron chi connectivity index (χ1n) is 13.1. The third-order valence-electron chi connectivity index (χ3n) is 5.71. The van der Waals surface area contributed by atoms with Gasteiger partial charge in [-0.1, -0.05) is 84.5 Å². The Morgan fingerprint density at radius 2 is 1.28 bits per heavy atom. The first kappa shape index (κ1) is 30.2. The molecule has 0 aliphatic heterocycles. The van der Waals surface area contributed by atoms with Crippen molar-refractivity contribution in [2.75, 3.05) is 20.1 Å². The molecule has 0 radical (unpaired) electrons. The number of aliphatic imine (C=N–C) groups is 1. The van der Waals surface area contributed by atoms with Gasteiger partial charge in [0.15, 0.2) is 5.96 Å². The molecule has 0 aliphatic carbocycles. The first-order chi connectivity index (χ1) is 15.5. The van der Waals surface area contributed by atoms with Gasteiger partial charge in [-0.3, -0.25) is 14.6 Å². The van der Waals surface area contributed by atoms with Crippen molar-refractivity contribution in [3.8, 4) is 0 Å². The minimum absolute atomic E-state index is 0.0262. The molecule has 188 valence electrons. The zero-order valence-corrected chi connectivity index (χ0v) is 21.1. The molecule has 1 atom stereocenters. The average Bonchev–Trinajstić information content (AvgIpc) is 2.79. The number of hydrogen-bond acceptors (Lipinski definition) is 3. The van der Waals surface area contributed by atoms with Gasteiger partial charge < -0.3 is 21.7 Å². The molecule has 0 saturated heterocycles. The molecule has 7 heteroatoms. The zero-order chi connectivity index (χ0) is 23.9. The Labute approximate surface area is 197 Å². The molecule has 0 aromatic carbocycles. The number of amides is 2. The molecule has 0 aromatic heterocycles. The van der Waals surface area contributed by atoms with Crippen molar-refractivity contribution < 1.29 is 9.59 Å². The Morgan fingerprint density at radius 1 is 0.750 bits per heavy atom. The summed E-state index contributed by atoms with van der Waals surface area (Å²) >= 11 is 0. The first-order valence-corrected chi connectivity index (χ1v) is 13.1. The Kier molecular flexibility index (Phi) is 21.2. The van der Waals surface area contributed by atoms with Gasteiger partial charge in [-0.15, -0.1) is 0 Å². The molecule has 0 saturated carbocycles. The molecular weight excluding hydrogens is 402 g/mol. The lowest BCUT2D eigenvalue weighted by Crippen LogP contribution is -2.47. The van der Waals surface area contributed by atoms with E-state index in [1.54, 1.807) is 7.05 Å². The van der Waals surface area contributed by atoms with Crippen LogP contribution in [0.1, 0.15) is 117 Å². The predicted octanol–water partition coefficient (Wildman–Crippen LogP) is 4.40. The fourth-order valence-corrected chi connectivity index (χ4v) is 3.62. The lowest BCUT2D eigenvalue weighted by Gasteiger charge is -2.19. The number of guanidine groups is 1.